The quantitative estimate of drug-likeness (QED) is 0.868. The number of amides is 1. The highest BCUT2D eigenvalue weighted by molar-refractivity contribution is 5.96. The van der Waals surface area contributed by atoms with Gasteiger partial charge >= 0.3 is 0 Å². The van der Waals surface area contributed by atoms with Crippen LogP contribution in [0.3, 0.4) is 0 Å². The zero-order chi connectivity index (χ0) is 12.5. The van der Waals surface area contributed by atoms with Crippen molar-refractivity contribution in [3.05, 3.63) is 29.9 Å². The van der Waals surface area contributed by atoms with Crippen LogP contribution in [0.4, 0.5) is 5.82 Å². The van der Waals surface area contributed by atoms with Gasteiger partial charge in [0.2, 0.25) is 11.5 Å². The summed E-state index contributed by atoms with van der Waals surface area (Å²) in [5, 5.41) is 6.96. The van der Waals surface area contributed by atoms with Gasteiger partial charge in [0.25, 0.3) is 5.91 Å². The molecule has 0 atom stereocenters. The second-order valence-electron chi connectivity index (χ2n) is 4.24. The van der Waals surface area contributed by atoms with Gasteiger partial charge in [-0.3, -0.25) is 4.79 Å². The van der Waals surface area contributed by atoms with Gasteiger partial charge in [-0.1, -0.05) is 0 Å². The molecule has 18 heavy (non-hydrogen) atoms. The number of hydrogen-bond donors (Lipinski definition) is 1. The molecule has 94 valence electrons. The van der Waals surface area contributed by atoms with Gasteiger partial charge in [-0.25, -0.2) is 4.63 Å². The van der Waals surface area contributed by atoms with Crippen LogP contribution in [0.15, 0.2) is 27.4 Å². The molecule has 0 unspecified atom stereocenters. The third kappa shape index (κ3) is 1.94. The summed E-state index contributed by atoms with van der Waals surface area (Å²) in [6.45, 7) is 0.406. The smallest absolute Gasteiger partial charge is 0.280 e. The van der Waals surface area contributed by atoms with E-state index in [1.165, 1.54) is 0 Å². The van der Waals surface area contributed by atoms with Gasteiger partial charge in [-0.15, -0.1) is 0 Å². The number of nitrogen functional groups attached to an aromatic ring is 1. The second kappa shape index (κ2) is 4.17. The van der Waals surface area contributed by atoms with Crippen molar-refractivity contribution in [1.82, 2.24) is 15.2 Å². The number of carbonyl (C=O) groups is 1. The molecule has 0 aromatic carbocycles. The molecule has 7 nitrogen and oxygen atoms in total. The molecular formula is C11H12N4O3. The summed E-state index contributed by atoms with van der Waals surface area (Å²) in [4.78, 5) is 14.0. The molecule has 2 heterocycles. The first-order chi connectivity index (χ1) is 8.75. The maximum atomic E-state index is 12.3. The van der Waals surface area contributed by atoms with E-state index in [0.717, 1.165) is 18.6 Å². The topological polar surface area (TPSA) is 98.4 Å². The fraction of sp³-hybridized carbons (Fsp3) is 0.364. The summed E-state index contributed by atoms with van der Waals surface area (Å²) in [6.07, 6.45) is 3.55. The molecule has 0 bridgehead atoms. The predicted molar refractivity (Wildman–Crippen MR) is 60.3 cm³/mol. The number of aromatic nitrogens is 2. The molecule has 1 aliphatic rings. The molecule has 2 aromatic rings. The first kappa shape index (κ1) is 10.8. The van der Waals surface area contributed by atoms with E-state index in [-0.39, 0.29) is 23.5 Å². The average Bonchev–Trinajstić information content (AvgIpc) is 2.89. The third-order valence-corrected chi connectivity index (χ3v) is 2.87. The van der Waals surface area contributed by atoms with Crippen molar-refractivity contribution in [3.8, 4) is 0 Å². The van der Waals surface area contributed by atoms with Crippen molar-refractivity contribution in [3.63, 3.8) is 0 Å². The van der Waals surface area contributed by atoms with Gasteiger partial charge in [0.1, 0.15) is 5.76 Å². The highest BCUT2D eigenvalue weighted by Gasteiger charge is 2.35. The first-order valence-electron chi connectivity index (χ1n) is 5.67. The number of anilines is 1. The molecule has 7 heteroatoms. The van der Waals surface area contributed by atoms with E-state index in [1.807, 2.05) is 6.07 Å². The molecule has 2 N–H and O–H groups in total. The Morgan fingerprint density at radius 2 is 2.33 bits per heavy atom. The Balaban J connectivity index is 1.82. The highest BCUT2D eigenvalue weighted by Crippen LogP contribution is 2.30. The minimum Gasteiger partial charge on any atom is -0.467 e. The van der Waals surface area contributed by atoms with Crippen LogP contribution in [-0.4, -0.2) is 27.2 Å². The number of nitrogens with zero attached hydrogens (tertiary/aromatic N) is 3. The van der Waals surface area contributed by atoms with E-state index in [4.69, 9.17) is 10.2 Å². The second-order valence-corrected chi connectivity index (χ2v) is 4.24. The van der Waals surface area contributed by atoms with Crippen LogP contribution < -0.4 is 5.73 Å². The summed E-state index contributed by atoms with van der Waals surface area (Å²) in [5.41, 5.74) is 5.60. The Bertz CT molecular complexity index is 544. The normalized spacial score (nSPS) is 14.7. The fourth-order valence-electron chi connectivity index (χ4n) is 1.80. The van der Waals surface area contributed by atoms with Crippen LogP contribution in [0.2, 0.25) is 0 Å². The van der Waals surface area contributed by atoms with Gasteiger partial charge < -0.3 is 15.1 Å². The molecule has 2 aromatic heterocycles. The third-order valence-electron chi connectivity index (χ3n) is 2.87. The summed E-state index contributed by atoms with van der Waals surface area (Å²) in [6, 6.07) is 3.84. The molecule has 0 radical (unpaired) electrons. The Morgan fingerprint density at radius 3 is 2.89 bits per heavy atom. The van der Waals surface area contributed by atoms with Gasteiger partial charge in [0.05, 0.1) is 12.8 Å². The van der Waals surface area contributed by atoms with Gasteiger partial charge in [-0.2, -0.15) is 0 Å². The molecule has 1 aliphatic carbocycles. The summed E-state index contributed by atoms with van der Waals surface area (Å²) in [5.74, 6) is 0.475. The van der Waals surface area contributed by atoms with Crippen molar-refractivity contribution < 1.29 is 13.8 Å². The van der Waals surface area contributed by atoms with Crippen LogP contribution in [0.1, 0.15) is 29.1 Å². The number of nitrogens with two attached hydrogens (primary N) is 1. The van der Waals surface area contributed by atoms with Crippen LogP contribution >= 0.6 is 0 Å². The van der Waals surface area contributed by atoms with E-state index in [2.05, 4.69) is 14.9 Å². The number of hydrogen-bond acceptors (Lipinski definition) is 6. The molecule has 3 rings (SSSR count). The maximum absolute atomic E-state index is 12.3. The van der Waals surface area contributed by atoms with Gasteiger partial charge in [-0.05, 0) is 35.3 Å². The number of furan rings is 1. The van der Waals surface area contributed by atoms with Crippen LogP contribution in [0, 0.1) is 0 Å². The summed E-state index contributed by atoms with van der Waals surface area (Å²) in [7, 11) is 0. The molecule has 0 spiro atoms. The SMILES string of the molecule is Nc1nonc1C(=O)N(Cc1ccco1)C1CC1. The predicted octanol–water partition coefficient (Wildman–Crippen LogP) is 1.05. The van der Waals surface area contributed by atoms with Crippen LogP contribution in [0.5, 0.6) is 0 Å². The van der Waals surface area contributed by atoms with Gasteiger partial charge in [0.15, 0.2) is 0 Å². The molecule has 0 saturated heterocycles. The van der Waals surface area contributed by atoms with E-state index >= 15 is 0 Å². The molecular weight excluding hydrogens is 236 g/mol. The summed E-state index contributed by atoms with van der Waals surface area (Å²) < 4.78 is 9.71. The standard InChI is InChI=1S/C11H12N4O3/c12-10-9(13-18-14-10)11(16)15(7-3-4-7)6-8-2-1-5-17-8/h1-2,5,7H,3-4,6H2,(H2,12,14). The maximum Gasteiger partial charge on any atom is 0.280 e. The first-order valence-corrected chi connectivity index (χ1v) is 5.67. The lowest BCUT2D eigenvalue weighted by Gasteiger charge is -2.19. The minimum atomic E-state index is -0.271. The van der Waals surface area contributed by atoms with E-state index in [9.17, 15) is 4.79 Å². The van der Waals surface area contributed by atoms with Crippen LogP contribution in [-0.2, 0) is 6.54 Å². The summed E-state index contributed by atoms with van der Waals surface area (Å²) >= 11 is 0. The Morgan fingerprint density at radius 1 is 1.50 bits per heavy atom. The monoisotopic (exact) mass is 248 g/mol. The molecule has 0 aliphatic heterocycles. The Hall–Kier alpha value is -2.31. The van der Waals surface area contributed by atoms with Crippen molar-refractivity contribution >= 4 is 11.7 Å². The van der Waals surface area contributed by atoms with Crippen molar-refractivity contribution in [1.29, 1.82) is 0 Å². The largest absolute Gasteiger partial charge is 0.467 e. The Kier molecular flexibility index (Phi) is 2.51. The number of carbonyl (C=O) groups excluding carboxylic acids is 1. The highest BCUT2D eigenvalue weighted by atomic mass is 16.6. The minimum absolute atomic E-state index is 0.0186. The lowest BCUT2D eigenvalue weighted by molar-refractivity contribution is 0.0707. The zero-order valence-corrected chi connectivity index (χ0v) is 9.57. The fourth-order valence-corrected chi connectivity index (χ4v) is 1.80. The molecule has 1 amide bonds. The van der Waals surface area contributed by atoms with Gasteiger partial charge in [0, 0.05) is 6.04 Å². The lowest BCUT2D eigenvalue weighted by atomic mass is 10.3. The van der Waals surface area contributed by atoms with E-state index in [1.54, 1.807) is 17.2 Å². The number of rotatable bonds is 4. The molecule has 1 fully saturated rings. The van der Waals surface area contributed by atoms with Crippen molar-refractivity contribution in [2.24, 2.45) is 0 Å². The van der Waals surface area contributed by atoms with Crippen molar-refractivity contribution in [2.75, 3.05) is 5.73 Å². The van der Waals surface area contributed by atoms with Crippen molar-refractivity contribution in [2.45, 2.75) is 25.4 Å². The average molecular weight is 248 g/mol. The zero-order valence-electron chi connectivity index (χ0n) is 9.57. The van der Waals surface area contributed by atoms with E-state index < -0.39 is 0 Å². The van der Waals surface area contributed by atoms with Crippen LogP contribution in [0.25, 0.3) is 0 Å². The molecule has 1 saturated carbocycles. The Labute approximate surface area is 102 Å². The van der Waals surface area contributed by atoms with E-state index in [0.29, 0.717) is 6.54 Å². The lowest BCUT2D eigenvalue weighted by Crippen LogP contribution is -2.33.